The van der Waals surface area contributed by atoms with Gasteiger partial charge in [0.1, 0.15) is 22.4 Å². The number of amides is 3. The Hall–Kier alpha value is -4.34. The molecule has 0 aliphatic carbocycles. The first-order chi connectivity index (χ1) is 21.4. The van der Waals surface area contributed by atoms with Gasteiger partial charge in [-0.15, -0.1) is 0 Å². The predicted octanol–water partition coefficient (Wildman–Crippen LogP) is 3.13. The van der Waals surface area contributed by atoms with E-state index in [2.05, 4.69) is 15.8 Å². The highest BCUT2D eigenvalue weighted by Gasteiger charge is 2.35. The number of benzene rings is 2. The maximum Gasteiger partial charge on any atom is 0.323 e. The second-order valence-corrected chi connectivity index (χ2v) is 13.3. The molecule has 242 valence electrons. The summed E-state index contributed by atoms with van der Waals surface area (Å²) in [6.07, 6.45) is -0.748. The van der Waals surface area contributed by atoms with E-state index in [0.717, 1.165) is 0 Å². The van der Waals surface area contributed by atoms with Crippen LogP contribution in [0.25, 0.3) is 0 Å². The van der Waals surface area contributed by atoms with E-state index in [4.69, 9.17) is 18.7 Å². The van der Waals surface area contributed by atoms with E-state index in [0.29, 0.717) is 34.2 Å². The summed E-state index contributed by atoms with van der Waals surface area (Å²) in [7, 11) is -2.52. The molecule has 0 spiro atoms. The number of rotatable bonds is 8. The molecule has 2 aromatic carbocycles. The summed E-state index contributed by atoms with van der Waals surface area (Å²) in [5, 5.41) is 19.2. The van der Waals surface area contributed by atoms with E-state index >= 15 is 0 Å². The molecule has 3 amide bonds. The van der Waals surface area contributed by atoms with Crippen molar-refractivity contribution in [1.82, 2.24) is 14.4 Å². The zero-order valence-corrected chi connectivity index (χ0v) is 26.5. The lowest BCUT2D eigenvalue weighted by Gasteiger charge is -2.33. The molecule has 2 aliphatic rings. The van der Waals surface area contributed by atoms with Gasteiger partial charge in [-0.1, -0.05) is 12.1 Å². The Kier molecular flexibility index (Phi) is 9.23. The number of carbonyl (C=O) groups is 2. The first-order valence-corrected chi connectivity index (χ1v) is 15.9. The van der Waals surface area contributed by atoms with Crippen LogP contribution < -0.4 is 24.8 Å². The lowest BCUT2D eigenvalue weighted by molar-refractivity contribution is -0.134. The third kappa shape index (κ3) is 6.84. The molecule has 1 aromatic heterocycles. The van der Waals surface area contributed by atoms with Crippen molar-refractivity contribution < 1.29 is 41.8 Å². The summed E-state index contributed by atoms with van der Waals surface area (Å²) in [4.78, 5) is 27.9. The number of aliphatic hydroxyl groups excluding tert-OH is 1. The highest BCUT2D eigenvalue weighted by atomic mass is 32.2. The van der Waals surface area contributed by atoms with E-state index in [-0.39, 0.29) is 61.1 Å². The minimum absolute atomic E-state index is 0.00145. The number of urea groups is 1. The van der Waals surface area contributed by atoms with Crippen molar-refractivity contribution in [2.24, 2.45) is 5.92 Å². The maximum absolute atomic E-state index is 13.5. The lowest BCUT2D eigenvalue weighted by atomic mass is 10.0. The second-order valence-electron chi connectivity index (χ2n) is 11.3. The number of fused-ring (bicyclic) bond motifs is 2. The largest absolute Gasteiger partial charge is 0.488 e. The number of carbonyl (C=O) groups excluding carboxylic acids is 2. The predicted molar refractivity (Wildman–Crippen MR) is 163 cm³/mol. The van der Waals surface area contributed by atoms with Crippen molar-refractivity contribution in [3.05, 3.63) is 53.4 Å². The molecule has 3 atom stereocenters. The van der Waals surface area contributed by atoms with Crippen LogP contribution in [0.4, 0.5) is 16.2 Å². The Morgan fingerprint density at radius 1 is 1.11 bits per heavy atom. The van der Waals surface area contributed by atoms with Crippen molar-refractivity contribution in [3.63, 3.8) is 0 Å². The highest BCUT2D eigenvalue weighted by molar-refractivity contribution is 7.89. The molecule has 0 radical (unpaired) electrons. The fourth-order valence-corrected chi connectivity index (χ4v) is 6.81. The van der Waals surface area contributed by atoms with Gasteiger partial charge < -0.3 is 39.4 Å². The molecular weight excluding hydrogens is 606 g/mol. The fourth-order valence-electron chi connectivity index (χ4n) is 5.34. The highest BCUT2D eigenvalue weighted by Crippen LogP contribution is 2.35. The van der Waals surface area contributed by atoms with Crippen LogP contribution in [0.3, 0.4) is 0 Å². The number of sulfonamides is 1. The van der Waals surface area contributed by atoms with Gasteiger partial charge in [0.15, 0.2) is 17.3 Å². The molecule has 0 bridgehead atoms. The number of nitrogens with one attached hydrogen (secondary N) is 2. The molecule has 15 heteroatoms. The monoisotopic (exact) mass is 643 g/mol. The minimum atomic E-state index is -3.97. The molecule has 45 heavy (non-hydrogen) atoms. The van der Waals surface area contributed by atoms with Gasteiger partial charge in [0.25, 0.3) is 0 Å². The molecule has 14 nitrogen and oxygen atoms in total. The van der Waals surface area contributed by atoms with Gasteiger partial charge in [-0.25, -0.2) is 13.2 Å². The topological polar surface area (TPSA) is 173 Å². The van der Waals surface area contributed by atoms with Gasteiger partial charge in [-0.2, -0.15) is 4.31 Å². The van der Waals surface area contributed by atoms with Crippen molar-refractivity contribution in [1.29, 1.82) is 0 Å². The molecule has 0 fully saturated rings. The van der Waals surface area contributed by atoms with Gasteiger partial charge in [0, 0.05) is 42.5 Å². The lowest BCUT2D eigenvalue weighted by Crippen LogP contribution is -2.48. The SMILES string of the molecule is Cc1noc(C)c1S(=O)(=O)N(C)C[C@H]1Oc2ccc(NC(=O)Nc3ccc4c(c3)OCO4)cc2CC(=O)N([C@@H](C)CO)C[C@H]1C. The van der Waals surface area contributed by atoms with Gasteiger partial charge in [0.05, 0.1) is 25.6 Å². The maximum atomic E-state index is 13.5. The van der Waals surface area contributed by atoms with Crippen LogP contribution in [0.2, 0.25) is 0 Å². The Balaban J connectivity index is 1.40. The molecular formula is C30H37N5O9S. The van der Waals surface area contributed by atoms with E-state index in [1.54, 1.807) is 55.1 Å². The van der Waals surface area contributed by atoms with Crippen LogP contribution in [-0.2, 0) is 21.2 Å². The number of nitrogens with zero attached hydrogens (tertiary/aromatic N) is 3. The van der Waals surface area contributed by atoms with Crippen LogP contribution >= 0.6 is 0 Å². The third-order valence-electron chi connectivity index (χ3n) is 7.88. The summed E-state index contributed by atoms with van der Waals surface area (Å²) in [6.45, 7) is 6.76. The normalized spacial score (nSPS) is 18.8. The molecule has 3 N–H and O–H groups in total. The summed E-state index contributed by atoms with van der Waals surface area (Å²) >= 11 is 0. The summed E-state index contributed by atoms with van der Waals surface area (Å²) < 4.78 is 50.4. The molecule has 5 rings (SSSR count). The third-order valence-corrected chi connectivity index (χ3v) is 9.95. The number of hydrogen-bond donors (Lipinski definition) is 3. The number of ether oxygens (including phenoxy) is 3. The van der Waals surface area contributed by atoms with Gasteiger partial charge in [-0.05, 0) is 51.1 Å². The Morgan fingerprint density at radius 3 is 2.44 bits per heavy atom. The van der Waals surface area contributed by atoms with Crippen LogP contribution in [0.15, 0.2) is 45.8 Å². The summed E-state index contributed by atoms with van der Waals surface area (Å²) in [6, 6.07) is 8.96. The summed E-state index contributed by atoms with van der Waals surface area (Å²) in [5.74, 6) is 1.10. The van der Waals surface area contributed by atoms with E-state index in [1.165, 1.54) is 18.3 Å². The number of aromatic nitrogens is 1. The van der Waals surface area contributed by atoms with Crippen molar-refractivity contribution in [3.8, 4) is 17.2 Å². The fraction of sp³-hybridized carbons (Fsp3) is 0.433. The summed E-state index contributed by atoms with van der Waals surface area (Å²) in [5.41, 5.74) is 1.65. The number of anilines is 2. The van der Waals surface area contributed by atoms with Crippen LogP contribution in [0.5, 0.6) is 17.2 Å². The number of aliphatic hydroxyl groups is 1. The molecule has 2 aliphatic heterocycles. The average Bonchev–Trinajstić information content (AvgIpc) is 3.61. The van der Waals surface area contributed by atoms with E-state index in [9.17, 15) is 23.1 Å². The standard InChI is InChI=1S/C30H37N5O9S/c1-17-13-35(18(2)15-36)28(37)11-21-10-22(31-30(38)32-23-7-9-25-26(12-23)42-16-41-25)6-8-24(21)43-27(17)14-34(5)45(39,40)29-19(3)33-44-20(29)4/h6-10,12,17-18,27,36H,11,13-16H2,1-5H3,(H2,31,32,38)/t17-,18+,27-/m1/s1. The minimum Gasteiger partial charge on any atom is -0.488 e. The Morgan fingerprint density at radius 2 is 1.78 bits per heavy atom. The molecule has 3 aromatic rings. The second kappa shape index (κ2) is 12.9. The van der Waals surface area contributed by atoms with Crippen LogP contribution in [0.1, 0.15) is 30.9 Å². The van der Waals surface area contributed by atoms with E-state index < -0.39 is 28.2 Å². The molecule has 0 unspecified atom stereocenters. The first kappa shape index (κ1) is 32.1. The van der Waals surface area contributed by atoms with Crippen LogP contribution in [0, 0.1) is 19.8 Å². The Labute approximate surface area is 261 Å². The quantitative estimate of drug-likeness (QED) is 0.331. The number of likely N-dealkylation sites (N-methyl/N-ethyl adjacent to an activating group) is 1. The zero-order valence-electron chi connectivity index (χ0n) is 25.7. The average molecular weight is 644 g/mol. The smallest absolute Gasteiger partial charge is 0.323 e. The van der Waals surface area contributed by atoms with E-state index in [1.807, 2.05) is 6.92 Å². The molecule has 3 heterocycles. The van der Waals surface area contributed by atoms with Gasteiger partial charge in [0.2, 0.25) is 22.7 Å². The first-order valence-electron chi connectivity index (χ1n) is 14.4. The zero-order chi connectivity index (χ0) is 32.5. The van der Waals surface area contributed by atoms with Crippen molar-refractivity contribution in [2.75, 3.05) is 44.2 Å². The number of hydrogen-bond acceptors (Lipinski definition) is 10. The molecule has 0 saturated carbocycles. The van der Waals surface area contributed by atoms with Crippen LogP contribution in [-0.4, -0.2) is 85.5 Å². The molecule has 0 saturated heterocycles. The number of aryl methyl sites for hydroxylation is 2. The van der Waals surface area contributed by atoms with Gasteiger partial charge >= 0.3 is 6.03 Å². The van der Waals surface area contributed by atoms with Crippen molar-refractivity contribution in [2.45, 2.75) is 51.2 Å². The van der Waals surface area contributed by atoms with Crippen molar-refractivity contribution >= 4 is 33.3 Å². The van der Waals surface area contributed by atoms with Gasteiger partial charge in [-0.3, -0.25) is 4.79 Å². The Bertz CT molecular complexity index is 1670.